The number of piperidine rings is 1. The molecule has 0 N–H and O–H groups in total. The van der Waals surface area contributed by atoms with E-state index >= 15 is 0 Å². The molecule has 0 bridgehead atoms. The molecule has 0 saturated carbocycles. The van der Waals surface area contributed by atoms with Crippen LogP contribution in [0, 0.1) is 0 Å². The number of likely N-dealkylation sites (tertiary alicyclic amines) is 1. The highest BCUT2D eigenvalue weighted by Gasteiger charge is 2.23. The number of hydrogen-bond acceptors (Lipinski definition) is 6. The molecule has 2 aliphatic rings. The van der Waals surface area contributed by atoms with Crippen LogP contribution in [0.2, 0.25) is 0 Å². The van der Waals surface area contributed by atoms with Crippen molar-refractivity contribution >= 4 is 0 Å². The molecular weight excluding hydrogens is 318 g/mol. The van der Waals surface area contributed by atoms with Gasteiger partial charge in [0.15, 0.2) is 0 Å². The Morgan fingerprint density at radius 3 is 2.68 bits per heavy atom. The summed E-state index contributed by atoms with van der Waals surface area (Å²) in [6.45, 7) is 3.68. The minimum atomic E-state index is 0.146. The highest BCUT2D eigenvalue weighted by molar-refractivity contribution is 5.10. The van der Waals surface area contributed by atoms with Crippen molar-refractivity contribution in [2.75, 3.05) is 19.7 Å². The molecule has 4 rings (SSSR count). The van der Waals surface area contributed by atoms with E-state index in [0.29, 0.717) is 6.01 Å². The Labute approximate surface area is 148 Å². The lowest BCUT2D eigenvalue weighted by molar-refractivity contribution is 0.000588. The van der Waals surface area contributed by atoms with Crippen molar-refractivity contribution in [3.8, 4) is 6.01 Å². The van der Waals surface area contributed by atoms with Gasteiger partial charge in [-0.15, -0.1) is 0 Å². The molecule has 0 amide bonds. The molecule has 25 heavy (non-hydrogen) atoms. The van der Waals surface area contributed by atoms with Gasteiger partial charge in [0.1, 0.15) is 23.7 Å². The fraction of sp³-hybridized carbons (Fsp3) is 0.579. The molecule has 2 saturated heterocycles. The summed E-state index contributed by atoms with van der Waals surface area (Å²) in [5, 5.41) is 0. The zero-order valence-corrected chi connectivity index (χ0v) is 14.5. The molecule has 1 unspecified atom stereocenters. The first-order chi connectivity index (χ1) is 12.4. The Balaban J connectivity index is 1.25. The maximum absolute atomic E-state index is 6.03. The quantitative estimate of drug-likeness (QED) is 0.830. The molecule has 2 aromatic heterocycles. The maximum Gasteiger partial charge on any atom is 0.316 e. The van der Waals surface area contributed by atoms with Crippen LogP contribution in [0.1, 0.15) is 49.7 Å². The summed E-state index contributed by atoms with van der Waals surface area (Å²) in [4.78, 5) is 10.7. The average Bonchev–Trinajstić information content (AvgIpc) is 3.14. The fourth-order valence-electron chi connectivity index (χ4n) is 3.52. The van der Waals surface area contributed by atoms with Gasteiger partial charge in [-0.05, 0) is 50.3 Å². The van der Waals surface area contributed by atoms with Crippen molar-refractivity contribution in [3.63, 3.8) is 0 Å². The Hall–Kier alpha value is -1.92. The van der Waals surface area contributed by atoms with Crippen molar-refractivity contribution in [2.24, 2.45) is 0 Å². The van der Waals surface area contributed by atoms with Gasteiger partial charge in [0.05, 0.1) is 6.54 Å². The van der Waals surface area contributed by atoms with Crippen LogP contribution in [0.5, 0.6) is 6.01 Å². The van der Waals surface area contributed by atoms with Gasteiger partial charge in [-0.1, -0.05) is 0 Å². The van der Waals surface area contributed by atoms with E-state index in [2.05, 4.69) is 27.0 Å². The van der Waals surface area contributed by atoms with E-state index in [1.165, 1.54) is 6.42 Å². The molecule has 0 radical (unpaired) electrons. The third kappa shape index (κ3) is 4.38. The van der Waals surface area contributed by atoms with E-state index in [1.54, 1.807) is 18.5 Å². The largest absolute Gasteiger partial charge is 0.462 e. The Morgan fingerprint density at radius 1 is 1.08 bits per heavy atom. The van der Waals surface area contributed by atoms with Crippen molar-refractivity contribution in [2.45, 2.75) is 50.9 Å². The van der Waals surface area contributed by atoms with E-state index in [-0.39, 0.29) is 12.2 Å². The van der Waals surface area contributed by atoms with Crippen LogP contribution in [0.15, 0.2) is 35.0 Å². The van der Waals surface area contributed by atoms with Gasteiger partial charge in [-0.3, -0.25) is 4.90 Å². The monoisotopic (exact) mass is 343 g/mol. The fourth-order valence-corrected chi connectivity index (χ4v) is 3.52. The van der Waals surface area contributed by atoms with Crippen molar-refractivity contribution in [3.05, 3.63) is 42.1 Å². The van der Waals surface area contributed by atoms with E-state index in [1.807, 2.05) is 0 Å². The molecule has 0 aromatic carbocycles. The van der Waals surface area contributed by atoms with Crippen LogP contribution in [0.3, 0.4) is 0 Å². The third-order valence-corrected chi connectivity index (χ3v) is 4.91. The second-order valence-electron chi connectivity index (χ2n) is 6.78. The summed E-state index contributed by atoms with van der Waals surface area (Å²) >= 11 is 0. The minimum Gasteiger partial charge on any atom is -0.462 e. The highest BCUT2D eigenvalue weighted by atomic mass is 16.5. The first-order valence-corrected chi connectivity index (χ1v) is 9.23. The van der Waals surface area contributed by atoms with Crippen LogP contribution < -0.4 is 4.74 Å². The Morgan fingerprint density at radius 2 is 1.92 bits per heavy atom. The van der Waals surface area contributed by atoms with Gasteiger partial charge in [0, 0.05) is 32.1 Å². The standard InChI is InChI=1S/C19H25N3O3/c1-2-13-23-17(4-1)18-6-5-16(24-18)14-22-11-7-15(8-12-22)25-19-20-9-3-10-21-19/h3,5-6,9-10,15,17H,1-2,4,7-8,11-14H2. The topological polar surface area (TPSA) is 60.6 Å². The Kier molecular flexibility index (Phi) is 5.28. The van der Waals surface area contributed by atoms with E-state index < -0.39 is 0 Å². The first kappa shape index (κ1) is 16.5. The lowest BCUT2D eigenvalue weighted by atomic mass is 10.1. The van der Waals surface area contributed by atoms with Crippen LogP contribution in [0.4, 0.5) is 0 Å². The maximum atomic E-state index is 6.03. The van der Waals surface area contributed by atoms with E-state index in [9.17, 15) is 0 Å². The summed E-state index contributed by atoms with van der Waals surface area (Å²) in [5.74, 6) is 2.00. The predicted octanol–water partition coefficient (Wildman–Crippen LogP) is 3.35. The summed E-state index contributed by atoms with van der Waals surface area (Å²) in [5.41, 5.74) is 0. The smallest absolute Gasteiger partial charge is 0.316 e. The number of ether oxygens (including phenoxy) is 2. The second kappa shape index (κ2) is 7.97. The van der Waals surface area contributed by atoms with Gasteiger partial charge in [0.2, 0.25) is 0 Å². The van der Waals surface area contributed by atoms with Gasteiger partial charge in [0.25, 0.3) is 0 Å². The molecular formula is C19H25N3O3. The van der Waals surface area contributed by atoms with Gasteiger partial charge >= 0.3 is 6.01 Å². The van der Waals surface area contributed by atoms with Crippen LogP contribution in [0.25, 0.3) is 0 Å². The van der Waals surface area contributed by atoms with Crippen molar-refractivity contribution in [1.82, 2.24) is 14.9 Å². The number of aromatic nitrogens is 2. The van der Waals surface area contributed by atoms with Gasteiger partial charge in [-0.2, -0.15) is 0 Å². The van der Waals surface area contributed by atoms with Crippen molar-refractivity contribution in [1.29, 1.82) is 0 Å². The Bertz CT molecular complexity index is 647. The lowest BCUT2D eigenvalue weighted by Crippen LogP contribution is -2.37. The number of rotatable bonds is 5. The molecule has 6 nitrogen and oxygen atoms in total. The van der Waals surface area contributed by atoms with E-state index in [0.717, 1.165) is 63.4 Å². The summed E-state index contributed by atoms with van der Waals surface area (Å²) in [6, 6.07) is 6.44. The number of nitrogens with zero attached hydrogens (tertiary/aromatic N) is 3. The number of furan rings is 1. The molecule has 4 heterocycles. The molecule has 1 atom stereocenters. The van der Waals surface area contributed by atoms with Crippen LogP contribution in [-0.4, -0.2) is 40.7 Å². The van der Waals surface area contributed by atoms with Crippen molar-refractivity contribution < 1.29 is 13.9 Å². The second-order valence-corrected chi connectivity index (χ2v) is 6.78. The van der Waals surface area contributed by atoms with Crippen LogP contribution >= 0.6 is 0 Å². The first-order valence-electron chi connectivity index (χ1n) is 9.23. The lowest BCUT2D eigenvalue weighted by Gasteiger charge is -2.30. The molecule has 0 spiro atoms. The SMILES string of the molecule is c1cnc(OC2CCN(Cc3ccc(C4CCCCO4)o3)CC2)nc1. The molecule has 2 aromatic rings. The summed E-state index contributed by atoms with van der Waals surface area (Å²) in [6.07, 6.45) is 9.18. The predicted molar refractivity (Wildman–Crippen MR) is 92.2 cm³/mol. The minimum absolute atomic E-state index is 0.146. The third-order valence-electron chi connectivity index (χ3n) is 4.91. The summed E-state index contributed by atoms with van der Waals surface area (Å²) < 4.78 is 17.7. The number of hydrogen-bond donors (Lipinski definition) is 0. The molecule has 134 valence electrons. The zero-order valence-electron chi connectivity index (χ0n) is 14.5. The van der Waals surface area contributed by atoms with E-state index in [4.69, 9.17) is 13.9 Å². The zero-order chi connectivity index (χ0) is 16.9. The highest BCUT2D eigenvalue weighted by Crippen LogP contribution is 2.29. The molecule has 2 aliphatic heterocycles. The normalized spacial score (nSPS) is 22.8. The van der Waals surface area contributed by atoms with Crippen LogP contribution in [-0.2, 0) is 11.3 Å². The van der Waals surface area contributed by atoms with Gasteiger partial charge in [-0.25, -0.2) is 9.97 Å². The molecule has 6 heteroatoms. The van der Waals surface area contributed by atoms with Gasteiger partial charge < -0.3 is 13.9 Å². The molecule has 0 aliphatic carbocycles. The summed E-state index contributed by atoms with van der Waals surface area (Å²) in [7, 11) is 0. The average molecular weight is 343 g/mol. The molecule has 2 fully saturated rings.